The molecule has 2 amide bonds. The van der Waals surface area contributed by atoms with Gasteiger partial charge in [-0.3, -0.25) is 9.59 Å². The van der Waals surface area contributed by atoms with Crippen LogP contribution in [0.2, 0.25) is 0 Å². The summed E-state index contributed by atoms with van der Waals surface area (Å²) in [6.45, 7) is 4.49. The highest BCUT2D eigenvalue weighted by molar-refractivity contribution is 7.18. The summed E-state index contributed by atoms with van der Waals surface area (Å²) in [7, 11) is 0. The molecule has 9 heteroatoms. The molecule has 2 aliphatic heterocycles. The Balaban J connectivity index is 1.36. The highest BCUT2D eigenvalue weighted by Crippen LogP contribution is 2.29. The molecule has 0 bridgehead atoms. The maximum Gasteiger partial charge on any atom is 0.253 e. The minimum Gasteiger partial charge on any atom is -0.340 e. The maximum absolute atomic E-state index is 13.3. The first kappa shape index (κ1) is 19.2. The van der Waals surface area contributed by atoms with Crippen LogP contribution in [0.25, 0.3) is 10.2 Å². The van der Waals surface area contributed by atoms with E-state index in [4.69, 9.17) is 0 Å². The molecule has 156 valence electrons. The molecule has 1 fully saturated rings. The monoisotopic (exact) mass is 424 g/mol. The Hall–Kier alpha value is -2.81. The second-order valence-corrected chi connectivity index (χ2v) is 8.97. The third-order valence-electron chi connectivity index (χ3n) is 5.95. The van der Waals surface area contributed by atoms with Gasteiger partial charge in [-0.2, -0.15) is 0 Å². The zero-order chi connectivity index (χ0) is 20.7. The van der Waals surface area contributed by atoms with Crippen LogP contribution in [0.3, 0.4) is 0 Å². The van der Waals surface area contributed by atoms with Crippen molar-refractivity contribution in [1.82, 2.24) is 29.5 Å². The van der Waals surface area contributed by atoms with Gasteiger partial charge in [0.15, 0.2) is 11.9 Å². The predicted octanol–water partition coefficient (Wildman–Crippen LogP) is 2.33. The molecule has 8 nitrogen and oxygen atoms in total. The molecule has 0 radical (unpaired) electrons. The number of thiazole rings is 1. The number of carbonyl (C=O) groups is 2. The summed E-state index contributed by atoms with van der Waals surface area (Å²) >= 11 is 1.62. The van der Waals surface area contributed by atoms with E-state index < -0.39 is 6.04 Å². The first-order valence-corrected chi connectivity index (χ1v) is 11.3. The fourth-order valence-electron chi connectivity index (χ4n) is 4.36. The third-order valence-corrected chi connectivity index (χ3v) is 7.04. The van der Waals surface area contributed by atoms with Gasteiger partial charge in [0.05, 0.1) is 15.2 Å². The van der Waals surface area contributed by atoms with Gasteiger partial charge < -0.3 is 14.4 Å². The Kier molecular flexibility index (Phi) is 4.98. The normalized spacial score (nSPS) is 18.8. The van der Waals surface area contributed by atoms with E-state index in [0.29, 0.717) is 31.8 Å². The number of benzene rings is 1. The molecule has 2 aliphatic rings. The van der Waals surface area contributed by atoms with E-state index in [9.17, 15) is 9.59 Å². The number of fused-ring (bicyclic) bond motifs is 2. The smallest absolute Gasteiger partial charge is 0.253 e. The minimum atomic E-state index is -0.680. The van der Waals surface area contributed by atoms with Crippen molar-refractivity contribution in [1.29, 1.82) is 0 Å². The van der Waals surface area contributed by atoms with Crippen LogP contribution in [0, 0.1) is 6.92 Å². The molecule has 0 saturated carbocycles. The average Bonchev–Trinajstić information content (AvgIpc) is 3.50. The molecule has 30 heavy (non-hydrogen) atoms. The third kappa shape index (κ3) is 3.36. The number of aryl methyl sites for hydroxylation is 2. The predicted molar refractivity (Wildman–Crippen MR) is 113 cm³/mol. The molecule has 0 N–H and O–H groups in total. The van der Waals surface area contributed by atoms with Crippen LogP contribution in [-0.2, 0) is 22.6 Å². The lowest BCUT2D eigenvalue weighted by molar-refractivity contribution is -0.147. The summed E-state index contributed by atoms with van der Waals surface area (Å²) in [4.78, 5) is 34.7. The molecule has 5 rings (SSSR count). The Morgan fingerprint density at radius 3 is 2.70 bits per heavy atom. The number of aromatic nitrogens is 4. The molecule has 0 spiro atoms. The molecule has 0 aliphatic carbocycles. The molecule has 1 atom stereocenters. The van der Waals surface area contributed by atoms with Gasteiger partial charge in [0.2, 0.25) is 5.91 Å². The maximum atomic E-state index is 13.3. The Morgan fingerprint density at radius 2 is 1.90 bits per heavy atom. The van der Waals surface area contributed by atoms with Gasteiger partial charge in [-0.05, 0) is 31.9 Å². The summed E-state index contributed by atoms with van der Waals surface area (Å²) in [5, 5.41) is 9.38. The van der Waals surface area contributed by atoms with Crippen LogP contribution >= 0.6 is 11.3 Å². The van der Waals surface area contributed by atoms with E-state index in [1.54, 1.807) is 16.2 Å². The summed E-state index contributed by atoms with van der Waals surface area (Å²) < 4.78 is 3.10. The van der Waals surface area contributed by atoms with Gasteiger partial charge in [-0.25, -0.2) is 4.98 Å². The zero-order valence-electron chi connectivity index (χ0n) is 17.0. The molecule has 3 aromatic rings. The van der Waals surface area contributed by atoms with Crippen LogP contribution in [0.15, 0.2) is 24.3 Å². The van der Waals surface area contributed by atoms with Crippen molar-refractivity contribution in [3.8, 4) is 0 Å². The zero-order valence-corrected chi connectivity index (χ0v) is 17.8. The van der Waals surface area contributed by atoms with Crippen molar-refractivity contribution >= 4 is 33.4 Å². The van der Waals surface area contributed by atoms with Gasteiger partial charge in [-0.15, -0.1) is 21.5 Å². The van der Waals surface area contributed by atoms with E-state index in [-0.39, 0.29) is 11.8 Å². The van der Waals surface area contributed by atoms with Crippen LogP contribution < -0.4 is 0 Å². The standard InChI is InChI=1S/C21H24N6O2S/c1-14-23-24-20-19(21(29)25-10-4-5-11-25)27(13-12-26(14)20)18(28)9-8-17-22-15-6-2-3-7-16(15)30-17/h2-3,6-7,19H,4-5,8-13H2,1H3/t19-/m1/s1. The van der Waals surface area contributed by atoms with Crippen LogP contribution in [-0.4, -0.2) is 61.0 Å². The lowest BCUT2D eigenvalue weighted by Crippen LogP contribution is -2.49. The minimum absolute atomic E-state index is 0.0290. The van der Waals surface area contributed by atoms with E-state index >= 15 is 0 Å². The van der Waals surface area contributed by atoms with Gasteiger partial charge in [0, 0.05) is 39.0 Å². The average molecular weight is 425 g/mol. The summed E-state index contributed by atoms with van der Waals surface area (Å²) in [5.41, 5.74) is 0.966. The molecule has 1 aromatic carbocycles. The second kappa shape index (κ2) is 7.79. The van der Waals surface area contributed by atoms with Gasteiger partial charge in [-0.1, -0.05) is 12.1 Å². The first-order valence-electron chi connectivity index (χ1n) is 10.4. The molecular formula is C21H24N6O2S. The number of carbonyl (C=O) groups excluding carboxylic acids is 2. The molecule has 4 heterocycles. The lowest BCUT2D eigenvalue weighted by Gasteiger charge is -2.36. The van der Waals surface area contributed by atoms with Crippen molar-refractivity contribution in [2.75, 3.05) is 19.6 Å². The molecular weight excluding hydrogens is 400 g/mol. The van der Waals surface area contributed by atoms with Crippen LogP contribution in [0.5, 0.6) is 0 Å². The van der Waals surface area contributed by atoms with Gasteiger partial charge in [0.25, 0.3) is 5.91 Å². The largest absolute Gasteiger partial charge is 0.340 e. The van der Waals surface area contributed by atoms with Gasteiger partial charge in [0.1, 0.15) is 5.82 Å². The van der Waals surface area contributed by atoms with Crippen LogP contribution in [0.4, 0.5) is 0 Å². The topological polar surface area (TPSA) is 84.2 Å². The van der Waals surface area contributed by atoms with Gasteiger partial charge >= 0.3 is 0 Å². The number of rotatable bonds is 4. The number of hydrogen-bond acceptors (Lipinski definition) is 6. The summed E-state index contributed by atoms with van der Waals surface area (Å²) in [6.07, 6.45) is 2.92. The Morgan fingerprint density at radius 1 is 1.10 bits per heavy atom. The van der Waals surface area contributed by atoms with E-state index in [1.165, 1.54) is 0 Å². The fraction of sp³-hybridized carbons (Fsp3) is 0.476. The van der Waals surface area contributed by atoms with Crippen LogP contribution in [0.1, 0.15) is 42.0 Å². The SMILES string of the molecule is Cc1nnc2n1CCN(C(=O)CCc1nc3ccccc3s1)[C@H]2C(=O)N1CCCC1. The highest BCUT2D eigenvalue weighted by atomic mass is 32.1. The van der Waals surface area contributed by atoms with Crippen molar-refractivity contribution < 1.29 is 9.59 Å². The molecule has 0 unspecified atom stereocenters. The quantitative estimate of drug-likeness (QED) is 0.642. The Labute approximate surface area is 178 Å². The summed E-state index contributed by atoms with van der Waals surface area (Å²) in [6, 6.07) is 7.32. The number of amides is 2. The number of para-hydroxylation sites is 1. The van der Waals surface area contributed by atoms with Crippen molar-refractivity contribution in [3.63, 3.8) is 0 Å². The molecule has 2 aromatic heterocycles. The second-order valence-electron chi connectivity index (χ2n) is 7.85. The number of hydrogen-bond donors (Lipinski definition) is 0. The van der Waals surface area contributed by atoms with E-state index in [2.05, 4.69) is 15.2 Å². The molecule has 1 saturated heterocycles. The Bertz CT molecular complexity index is 1070. The number of nitrogens with zero attached hydrogens (tertiary/aromatic N) is 6. The summed E-state index contributed by atoms with van der Waals surface area (Å²) in [5.74, 6) is 1.31. The lowest BCUT2D eigenvalue weighted by atomic mass is 10.1. The van der Waals surface area contributed by atoms with E-state index in [1.807, 2.05) is 40.7 Å². The highest BCUT2D eigenvalue weighted by Gasteiger charge is 2.41. The van der Waals surface area contributed by atoms with Crippen molar-refractivity contribution in [3.05, 3.63) is 40.9 Å². The number of likely N-dealkylation sites (tertiary alicyclic amines) is 1. The van der Waals surface area contributed by atoms with Crippen molar-refractivity contribution in [2.24, 2.45) is 0 Å². The fourth-order valence-corrected chi connectivity index (χ4v) is 5.33. The first-order chi connectivity index (χ1) is 14.6. The van der Waals surface area contributed by atoms with E-state index in [0.717, 1.165) is 47.0 Å². The van der Waals surface area contributed by atoms with Crippen molar-refractivity contribution in [2.45, 2.75) is 45.2 Å².